The van der Waals surface area contributed by atoms with Gasteiger partial charge in [-0.15, -0.1) is 0 Å². The minimum absolute atomic E-state index is 0.0930. The molecule has 70 valence electrons. The highest BCUT2D eigenvalue weighted by Crippen LogP contribution is 2.15. The third-order valence-electron chi connectivity index (χ3n) is 2.06. The summed E-state index contributed by atoms with van der Waals surface area (Å²) in [4.78, 5) is 8.37. The first-order valence-corrected chi connectivity index (χ1v) is 4.48. The van der Waals surface area contributed by atoms with Crippen LogP contribution in [0.1, 0.15) is 17.6 Å². The maximum Gasteiger partial charge on any atom is 0.125 e. The Labute approximate surface area is 77.4 Å². The second-order valence-corrected chi connectivity index (χ2v) is 3.09. The van der Waals surface area contributed by atoms with E-state index in [9.17, 15) is 0 Å². The van der Waals surface area contributed by atoms with Gasteiger partial charge >= 0.3 is 0 Å². The summed E-state index contributed by atoms with van der Waals surface area (Å²) in [6.07, 6.45) is 1.87. The summed E-state index contributed by atoms with van der Waals surface area (Å²) in [5.41, 5.74) is 0.972. The van der Waals surface area contributed by atoms with E-state index in [0.29, 0.717) is 0 Å². The van der Waals surface area contributed by atoms with E-state index < -0.39 is 0 Å². The molecule has 2 rings (SSSR count). The maximum absolute atomic E-state index is 5.57. The van der Waals surface area contributed by atoms with E-state index in [-0.39, 0.29) is 6.10 Å². The number of hydrogen-bond donors (Lipinski definition) is 1. The number of ether oxygens (including phenoxy) is 1. The standard InChI is InChI=1S/C9H13N3O/c1-7-11-3-2-8(12-7)9-6-10-4-5-13-9/h2-3,9-10H,4-6H2,1H3/t9-/m0/s1. The van der Waals surface area contributed by atoms with Crippen molar-refractivity contribution in [3.63, 3.8) is 0 Å². The maximum atomic E-state index is 5.57. The predicted molar refractivity (Wildman–Crippen MR) is 48.3 cm³/mol. The van der Waals surface area contributed by atoms with Crippen LogP contribution in [0.2, 0.25) is 0 Å². The molecule has 13 heavy (non-hydrogen) atoms. The fourth-order valence-corrected chi connectivity index (χ4v) is 1.41. The summed E-state index contributed by atoms with van der Waals surface area (Å²) in [5, 5.41) is 3.27. The first-order valence-electron chi connectivity index (χ1n) is 4.48. The molecule has 1 N–H and O–H groups in total. The Morgan fingerprint density at radius 3 is 3.23 bits per heavy atom. The van der Waals surface area contributed by atoms with Crippen LogP contribution in [-0.4, -0.2) is 29.7 Å². The Morgan fingerprint density at radius 1 is 1.62 bits per heavy atom. The fraction of sp³-hybridized carbons (Fsp3) is 0.556. The minimum atomic E-state index is 0.0930. The molecule has 0 aromatic carbocycles. The van der Waals surface area contributed by atoms with Crippen LogP contribution >= 0.6 is 0 Å². The molecule has 0 bridgehead atoms. The van der Waals surface area contributed by atoms with Crippen molar-refractivity contribution in [2.45, 2.75) is 13.0 Å². The zero-order chi connectivity index (χ0) is 9.10. The summed E-state index contributed by atoms with van der Waals surface area (Å²) >= 11 is 0. The number of hydrogen-bond acceptors (Lipinski definition) is 4. The largest absolute Gasteiger partial charge is 0.369 e. The van der Waals surface area contributed by atoms with E-state index in [4.69, 9.17) is 4.74 Å². The third-order valence-corrected chi connectivity index (χ3v) is 2.06. The van der Waals surface area contributed by atoms with E-state index in [2.05, 4.69) is 15.3 Å². The Hall–Kier alpha value is -1.00. The number of aromatic nitrogens is 2. The number of nitrogens with one attached hydrogen (secondary N) is 1. The van der Waals surface area contributed by atoms with Crippen molar-refractivity contribution in [1.82, 2.24) is 15.3 Å². The van der Waals surface area contributed by atoms with Crippen LogP contribution in [0.5, 0.6) is 0 Å². The Balaban J connectivity index is 2.14. The number of nitrogens with zero attached hydrogens (tertiary/aromatic N) is 2. The van der Waals surface area contributed by atoms with Crippen LogP contribution in [0.4, 0.5) is 0 Å². The van der Waals surface area contributed by atoms with Gasteiger partial charge < -0.3 is 10.1 Å². The van der Waals surface area contributed by atoms with Gasteiger partial charge in [-0.2, -0.15) is 0 Å². The molecular formula is C9H13N3O. The smallest absolute Gasteiger partial charge is 0.125 e. The van der Waals surface area contributed by atoms with Crippen molar-refractivity contribution in [1.29, 1.82) is 0 Å². The highest BCUT2D eigenvalue weighted by molar-refractivity contribution is 5.06. The molecule has 1 aliphatic heterocycles. The molecule has 1 aliphatic rings. The molecule has 1 aromatic heterocycles. The van der Waals surface area contributed by atoms with E-state index in [1.807, 2.05) is 13.0 Å². The quantitative estimate of drug-likeness (QED) is 0.679. The molecule has 1 aromatic rings. The highest BCUT2D eigenvalue weighted by atomic mass is 16.5. The van der Waals surface area contributed by atoms with Crippen LogP contribution in [0.3, 0.4) is 0 Å². The van der Waals surface area contributed by atoms with E-state index in [1.165, 1.54) is 0 Å². The first kappa shape index (κ1) is 8.59. The summed E-state index contributed by atoms with van der Waals surface area (Å²) in [6, 6.07) is 1.91. The third kappa shape index (κ3) is 2.02. The molecule has 1 fully saturated rings. The van der Waals surface area contributed by atoms with Gasteiger partial charge in [0.25, 0.3) is 0 Å². The number of rotatable bonds is 1. The van der Waals surface area contributed by atoms with Gasteiger partial charge in [0.2, 0.25) is 0 Å². The van der Waals surface area contributed by atoms with Gasteiger partial charge in [-0.25, -0.2) is 9.97 Å². The van der Waals surface area contributed by atoms with Crippen molar-refractivity contribution < 1.29 is 4.74 Å². The summed E-state index contributed by atoms with van der Waals surface area (Å²) < 4.78 is 5.57. The molecule has 1 saturated heterocycles. The molecule has 1 atom stereocenters. The van der Waals surface area contributed by atoms with Crippen molar-refractivity contribution >= 4 is 0 Å². The van der Waals surface area contributed by atoms with E-state index >= 15 is 0 Å². The first-order chi connectivity index (χ1) is 6.36. The van der Waals surface area contributed by atoms with Crippen molar-refractivity contribution in [2.75, 3.05) is 19.7 Å². The monoisotopic (exact) mass is 179 g/mol. The van der Waals surface area contributed by atoms with Crippen LogP contribution in [-0.2, 0) is 4.74 Å². The second-order valence-electron chi connectivity index (χ2n) is 3.09. The lowest BCUT2D eigenvalue weighted by Gasteiger charge is -2.22. The average Bonchev–Trinajstić information content (AvgIpc) is 2.19. The van der Waals surface area contributed by atoms with Gasteiger partial charge in [0.05, 0.1) is 12.3 Å². The van der Waals surface area contributed by atoms with Crippen molar-refractivity contribution in [2.24, 2.45) is 0 Å². The van der Waals surface area contributed by atoms with E-state index in [1.54, 1.807) is 6.20 Å². The molecule has 4 heteroatoms. The Bertz CT molecular complexity index is 284. The summed E-state index contributed by atoms with van der Waals surface area (Å²) in [7, 11) is 0. The molecule has 0 saturated carbocycles. The SMILES string of the molecule is Cc1nccc([C@@H]2CNCCO2)n1. The predicted octanol–water partition coefficient (Wildman–Crippen LogP) is 0.446. The molecule has 0 spiro atoms. The van der Waals surface area contributed by atoms with Gasteiger partial charge in [0, 0.05) is 19.3 Å². The molecule has 0 unspecified atom stereocenters. The molecule has 0 aliphatic carbocycles. The van der Waals surface area contributed by atoms with Crippen LogP contribution in [0.15, 0.2) is 12.3 Å². The Morgan fingerprint density at radius 2 is 2.54 bits per heavy atom. The highest BCUT2D eigenvalue weighted by Gasteiger charge is 2.16. The normalized spacial score (nSPS) is 23.0. The lowest BCUT2D eigenvalue weighted by molar-refractivity contribution is 0.0248. The second kappa shape index (κ2) is 3.81. The molecule has 4 nitrogen and oxygen atoms in total. The van der Waals surface area contributed by atoms with Crippen LogP contribution < -0.4 is 5.32 Å². The number of aryl methyl sites for hydroxylation is 1. The van der Waals surface area contributed by atoms with Crippen LogP contribution in [0, 0.1) is 6.92 Å². The minimum Gasteiger partial charge on any atom is -0.369 e. The summed E-state index contributed by atoms with van der Waals surface area (Å²) in [6.45, 7) is 4.42. The lowest BCUT2D eigenvalue weighted by Crippen LogP contribution is -2.33. The molecule has 0 radical (unpaired) electrons. The lowest BCUT2D eigenvalue weighted by atomic mass is 10.2. The van der Waals surface area contributed by atoms with Gasteiger partial charge in [0.1, 0.15) is 11.9 Å². The summed E-state index contributed by atoms with van der Waals surface area (Å²) in [5.74, 6) is 0.798. The molecule has 2 heterocycles. The zero-order valence-electron chi connectivity index (χ0n) is 7.66. The Kier molecular flexibility index (Phi) is 2.52. The van der Waals surface area contributed by atoms with Gasteiger partial charge in [-0.05, 0) is 13.0 Å². The topological polar surface area (TPSA) is 47.0 Å². The zero-order valence-corrected chi connectivity index (χ0v) is 7.66. The van der Waals surface area contributed by atoms with Gasteiger partial charge in [-0.1, -0.05) is 0 Å². The van der Waals surface area contributed by atoms with Crippen molar-refractivity contribution in [3.8, 4) is 0 Å². The van der Waals surface area contributed by atoms with Gasteiger partial charge in [0.15, 0.2) is 0 Å². The average molecular weight is 179 g/mol. The van der Waals surface area contributed by atoms with Gasteiger partial charge in [-0.3, -0.25) is 0 Å². The number of morpholine rings is 1. The van der Waals surface area contributed by atoms with Crippen LogP contribution in [0.25, 0.3) is 0 Å². The van der Waals surface area contributed by atoms with E-state index in [0.717, 1.165) is 31.2 Å². The van der Waals surface area contributed by atoms with Crippen molar-refractivity contribution in [3.05, 3.63) is 23.8 Å². The molecular weight excluding hydrogens is 166 g/mol. The molecule has 0 amide bonds. The fourth-order valence-electron chi connectivity index (χ4n) is 1.41.